The van der Waals surface area contributed by atoms with Crippen LogP contribution in [0.15, 0.2) is 18.3 Å². The van der Waals surface area contributed by atoms with Crippen LogP contribution in [-0.2, 0) is 4.79 Å². The average molecular weight is 221 g/mol. The predicted molar refractivity (Wildman–Crippen MR) is 64.5 cm³/mol. The van der Waals surface area contributed by atoms with E-state index in [0.717, 1.165) is 5.56 Å². The first-order chi connectivity index (χ1) is 7.54. The van der Waals surface area contributed by atoms with Crippen molar-refractivity contribution in [3.63, 3.8) is 0 Å². The molecule has 0 aliphatic rings. The summed E-state index contributed by atoms with van der Waals surface area (Å²) in [5, 5.41) is 0. The molecule has 1 rings (SSSR count). The maximum atomic E-state index is 11.7. The van der Waals surface area contributed by atoms with E-state index in [2.05, 4.69) is 4.98 Å². The third kappa shape index (κ3) is 3.57. The molecule has 3 nitrogen and oxygen atoms in total. The Morgan fingerprint density at radius 1 is 1.31 bits per heavy atom. The van der Waals surface area contributed by atoms with Crippen molar-refractivity contribution in [1.29, 1.82) is 0 Å². The van der Waals surface area contributed by atoms with Crippen LogP contribution in [0, 0.1) is 12.8 Å². The fourth-order valence-electron chi connectivity index (χ4n) is 1.13. The Balaban J connectivity index is 0.00000106. The number of ketones is 2. The van der Waals surface area contributed by atoms with E-state index in [1.807, 2.05) is 26.8 Å². The predicted octanol–water partition coefficient (Wildman–Crippen LogP) is 2.82. The number of Topliss-reactive ketones (excluding diaryl/α,β-unsaturated/α-hetero) is 2. The highest BCUT2D eigenvalue weighted by Gasteiger charge is 2.21. The quantitative estimate of drug-likeness (QED) is 0.582. The first kappa shape index (κ1) is 14.5. The van der Waals surface area contributed by atoms with Crippen molar-refractivity contribution in [3.8, 4) is 0 Å². The van der Waals surface area contributed by atoms with Gasteiger partial charge in [-0.05, 0) is 32.4 Å². The van der Waals surface area contributed by atoms with E-state index >= 15 is 0 Å². The largest absolute Gasteiger partial charge is 0.299 e. The number of hydrogen-bond acceptors (Lipinski definition) is 3. The van der Waals surface area contributed by atoms with E-state index in [9.17, 15) is 9.59 Å². The van der Waals surface area contributed by atoms with E-state index in [-0.39, 0.29) is 11.6 Å². The molecule has 1 aromatic heterocycles. The van der Waals surface area contributed by atoms with E-state index in [0.29, 0.717) is 5.69 Å². The minimum Gasteiger partial charge on any atom is -0.299 e. The van der Waals surface area contributed by atoms with Crippen molar-refractivity contribution in [1.82, 2.24) is 4.98 Å². The van der Waals surface area contributed by atoms with Gasteiger partial charge in [0.05, 0.1) is 5.92 Å². The zero-order chi connectivity index (χ0) is 12.7. The van der Waals surface area contributed by atoms with Crippen LogP contribution < -0.4 is 0 Å². The summed E-state index contributed by atoms with van der Waals surface area (Å²) in [5.41, 5.74) is 1.21. The number of aryl methyl sites for hydroxylation is 1. The number of nitrogens with zero attached hydrogens (tertiary/aromatic N) is 1. The van der Waals surface area contributed by atoms with E-state index < -0.39 is 5.92 Å². The van der Waals surface area contributed by atoms with Crippen molar-refractivity contribution < 1.29 is 9.59 Å². The van der Waals surface area contributed by atoms with Crippen LogP contribution in [0.3, 0.4) is 0 Å². The van der Waals surface area contributed by atoms with Crippen LogP contribution >= 0.6 is 0 Å². The monoisotopic (exact) mass is 221 g/mol. The number of carbonyl (C=O) groups excluding carboxylic acids is 2. The lowest BCUT2D eigenvalue weighted by Crippen LogP contribution is -2.20. The highest BCUT2D eigenvalue weighted by Crippen LogP contribution is 2.11. The van der Waals surface area contributed by atoms with Gasteiger partial charge in [0.2, 0.25) is 0 Å². The van der Waals surface area contributed by atoms with Crippen LogP contribution in [-0.4, -0.2) is 16.6 Å². The van der Waals surface area contributed by atoms with Crippen molar-refractivity contribution in [3.05, 3.63) is 29.6 Å². The van der Waals surface area contributed by atoms with Crippen LogP contribution in [0.5, 0.6) is 0 Å². The highest BCUT2D eigenvalue weighted by atomic mass is 16.1. The number of rotatable bonds is 3. The van der Waals surface area contributed by atoms with Gasteiger partial charge in [0.15, 0.2) is 5.78 Å². The molecule has 0 aromatic carbocycles. The fraction of sp³-hybridized carbons (Fsp3) is 0.462. The standard InChI is InChI=1S/C11H13NO2.C2H6/c1-7-5-4-6-12-10(7)11(14)8(2)9(3)13;1-2/h4-6,8H,1-3H3;1-2H3. The molecule has 0 bridgehead atoms. The van der Waals surface area contributed by atoms with Crippen molar-refractivity contribution in [2.45, 2.75) is 34.6 Å². The molecule has 1 aromatic rings. The summed E-state index contributed by atoms with van der Waals surface area (Å²) in [6, 6.07) is 3.58. The normalized spacial score (nSPS) is 11.1. The molecule has 0 radical (unpaired) electrons. The van der Waals surface area contributed by atoms with Gasteiger partial charge < -0.3 is 0 Å². The molecule has 0 saturated carbocycles. The summed E-state index contributed by atoms with van der Waals surface area (Å²) in [5.74, 6) is -0.917. The molecule has 3 heteroatoms. The van der Waals surface area contributed by atoms with Gasteiger partial charge >= 0.3 is 0 Å². The smallest absolute Gasteiger partial charge is 0.191 e. The second kappa shape index (κ2) is 6.88. The zero-order valence-electron chi connectivity index (χ0n) is 10.6. The van der Waals surface area contributed by atoms with Gasteiger partial charge in [-0.15, -0.1) is 0 Å². The lowest BCUT2D eigenvalue weighted by molar-refractivity contribution is -0.118. The first-order valence-corrected chi connectivity index (χ1v) is 5.50. The minimum absolute atomic E-state index is 0.125. The third-order valence-electron chi connectivity index (χ3n) is 2.25. The van der Waals surface area contributed by atoms with Gasteiger partial charge in [0, 0.05) is 6.20 Å². The molecule has 0 N–H and O–H groups in total. The van der Waals surface area contributed by atoms with Crippen molar-refractivity contribution in [2.75, 3.05) is 0 Å². The first-order valence-electron chi connectivity index (χ1n) is 5.50. The molecular weight excluding hydrogens is 202 g/mol. The summed E-state index contributed by atoms with van der Waals surface area (Å²) in [4.78, 5) is 26.7. The van der Waals surface area contributed by atoms with Crippen molar-refractivity contribution >= 4 is 11.6 Å². The van der Waals surface area contributed by atoms with Gasteiger partial charge in [-0.1, -0.05) is 19.9 Å². The SMILES string of the molecule is CC.CC(=O)C(C)C(=O)c1ncccc1C. The number of pyridine rings is 1. The Kier molecular flexibility index (Phi) is 6.23. The molecule has 88 valence electrons. The van der Waals surface area contributed by atoms with Crippen LogP contribution in [0.4, 0.5) is 0 Å². The van der Waals surface area contributed by atoms with E-state index in [4.69, 9.17) is 0 Å². The number of hydrogen-bond donors (Lipinski definition) is 0. The maximum Gasteiger partial charge on any atom is 0.191 e. The second-order valence-electron chi connectivity index (χ2n) is 3.37. The molecule has 0 aliphatic carbocycles. The topological polar surface area (TPSA) is 47.0 Å². The lowest BCUT2D eigenvalue weighted by atomic mass is 9.97. The van der Waals surface area contributed by atoms with Gasteiger partial charge in [-0.2, -0.15) is 0 Å². The summed E-state index contributed by atoms with van der Waals surface area (Å²) in [6.45, 7) is 8.84. The van der Waals surface area contributed by atoms with E-state index in [1.54, 1.807) is 19.2 Å². The van der Waals surface area contributed by atoms with Crippen LogP contribution in [0.1, 0.15) is 43.7 Å². The molecule has 0 spiro atoms. The molecule has 0 fully saturated rings. The number of carbonyl (C=O) groups is 2. The third-order valence-corrected chi connectivity index (χ3v) is 2.25. The summed E-state index contributed by atoms with van der Waals surface area (Å²) in [7, 11) is 0. The fourth-order valence-corrected chi connectivity index (χ4v) is 1.13. The lowest BCUT2D eigenvalue weighted by Gasteiger charge is -2.07. The summed E-state index contributed by atoms with van der Waals surface area (Å²) < 4.78 is 0. The number of aromatic nitrogens is 1. The average Bonchev–Trinajstić information content (AvgIpc) is 2.30. The maximum absolute atomic E-state index is 11.7. The van der Waals surface area contributed by atoms with Gasteiger partial charge in [-0.3, -0.25) is 14.6 Å². The Hall–Kier alpha value is -1.51. The molecular formula is C13H19NO2. The molecule has 0 aliphatic heterocycles. The summed E-state index contributed by atoms with van der Waals surface area (Å²) in [6.07, 6.45) is 1.56. The minimum atomic E-state index is -0.594. The Labute approximate surface area is 96.9 Å². The van der Waals surface area contributed by atoms with E-state index in [1.165, 1.54) is 6.92 Å². The van der Waals surface area contributed by atoms with Crippen LogP contribution in [0.2, 0.25) is 0 Å². The Bertz CT molecular complexity index is 372. The molecule has 1 unspecified atom stereocenters. The van der Waals surface area contributed by atoms with Crippen LogP contribution in [0.25, 0.3) is 0 Å². The van der Waals surface area contributed by atoms with Crippen molar-refractivity contribution in [2.24, 2.45) is 5.92 Å². The zero-order valence-corrected chi connectivity index (χ0v) is 10.6. The second-order valence-corrected chi connectivity index (χ2v) is 3.37. The molecule has 0 amide bonds. The van der Waals surface area contributed by atoms with Gasteiger partial charge in [-0.25, -0.2) is 0 Å². The van der Waals surface area contributed by atoms with Gasteiger partial charge in [0.1, 0.15) is 11.5 Å². The Morgan fingerprint density at radius 3 is 2.31 bits per heavy atom. The molecule has 1 atom stereocenters. The highest BCUT2D eigenvalue weighted by molar-refractivity contribution is 6.09. The molecule has 1 heterocycles. The molecule has 0 saturated heterocycles. The summed E-state index contributed by atoms with van der Waals surface area (Å²) >= 11 is 0. The van der Waals surface area contributed by atoms with Gasteiger partial charge in [0.25, 0.3) is 0 Å². The molecule has 16 heavy (non-hydrogen) atoms. The Morgan fingerprint density at radius 2 is 1.88 bits per heavy atom.